The first kappa shape index (κ1) is 7.26. The monoisotopic (exact) mass is 133 g/mol. The van der Waals surface area contributed by atoms with Gasteiger partial charge in [0.1, 0.15) is 0 Å². The van der Waals surface area contributed by atoms with Crippen molar-refractivity contribution in [3.05, 3.63) is 30.1 Å². The molecule has 1 aromatic heterocycles. The Morgan fingerprint density at radius 1 is 1.40 bits per heavy atom. The molecule has 1 heterocycles. The van der Waals surface area contributed by atoms with E-state index < -0.39 is 0 Å². The number of nitrogens with zero attached hydrogens (tertiary/aromatic N) is 1. The molecule has 0 aliphatic rings. The summed E-state index contributed by atoms with van der Waals surface area (Å²) in [4.78, 5) is 4.14. The lowest BCUT2D eigenvalue weighted by molar-refractivity contribution is 0.567. The molecule has 0 fully saturated rings. The summed E-state index contributed by atoms with van der Waals surface area (Å²) in [7, 11) is 0. The van der Waals surface area contributed by atoms with Gasteiger partial charge in [0.25, 0.3) is 0 Å². The molecule has 0 atom stereocenters. The van der Waals surface area contributed by atoms with Crippen LogP contribution >= 0.6 is 0 Å². The molecule has 0 bridgehead atoms. The van der Waals surface area contributed by atoms with Crippen molar-refractivity contribution in [2.45, 2.75) is 26.2 Å². The summed E-state index contributed by atoms with van der Waals surface area (Å²) in [5.74, 6) is 0. The molecule has 0 aliphatic heterocycles. The Morgan fingerprint density at radius 2 is 2.10 bits per heavy atom. The Bertz CT molecular complexity index is 196. The third kappa shape index (κ3) is 1.56. The van der Waals surface area contributed by atoms with Gasteiger partial charge in [-0.05, 0) is 6.07 Å². The average molecular weight is 133 g/mol. The fourth-order valence-corrected chi connectivity index (χ4v) is 0.697. The lowest BCUT2D eigenvalue weighted by Crippen LogP contribution is -2.12. The van der Waals surface area contributed by atoms with Gasteiger partial charge >= 0.3 is 0 Å². The molecule has 0 unspecified atom stereocenters. The van der Waals surface area contributed by atoms with E-state index in [1.807, 2.05) is 0 Å². The van der Waals surface area contributed by atoms with Gasteiger partial charge in [0.05, 0.1) is 5.69 Å². The van der Waals surface area contributed by atoms with Crippen molar-refractivity contribution in [1.29, 1.82) is 0 Å². The smallest absolute Gasteiger partial charge is 0.0536 e. The molecule has 1 heteroatoms. The zero-order valence-corrected chi connectivity index (χ0v) is 6.60. The highest BCUT2D eigenvalue weighted by Gasteiger charge is 2.13. The first-order chi connectivity index (χ1) is 4.61. The molecule has 0 saturated heterocycles. The summed E-state index contributed by atoms with van der Waals surface area (Å²) in [6.07, 6.45) is 1.68. The Hall–Kier alpha value is -0.850. The van der Waals surface area contributed by atoms with Crippen LogP contribution in [0.1, 0.15) is 26.5 Å². The lowest BCUT2D eigenvalue weighted by atomic mass is 9.92. The predicted molar refractivity (Wildman–Crippen MR) is 40.6 cm³/mol. The predicted octanol–water partition coefficient (Wildman–Crippen LogP) is 1.98. The van der Waals surface area contributed by atoms with E-state index in [4.69, 9.17) is 0 Å². The largest absolute Gasteiger partial charge is 0.259 e. The van der Waals surface area contributed by atoms with Crippen molar-refractivity contribution in [2.75, 3.05) is 0 Å². The molecule has 0 aromatic carbocycles. The maximum absolute atomic E-state index is 4.14. The van der Waals surface area contributed by atoms with Crippen molar-refractivity contribution in [1.82, 2.24) is 4.98 Å². The van der Waals surface area contributed by atoms with Gasteiger partial charge in [-0.15, -0.1) is 0 Å². The first-order valence-electron chi connectivity index (χ1n) is 3.35. The number of hydrogen-bond acceptors (Lipinski definition) is 1. The van der Waals surface area contributed by atoms with Crippen LogP contribution in [-0.2, 0) is 5.41 Å². The normalized spacial score (nSPS) is 11.5. The van der Waals surface area contributed by atoms with Crippen molar-refractivity contribution in [3.8, 4) is 0 Å². The van der Waals surface area contributed by atoms with Gasteiger partial charge in [-0.3, -0.25) is 4.98 Å². The van der Waals surface area contributed by atoms with Crippen LogP contribution in [0.3, 0.4) is 0 Å². The molecule has 0 N–H and O–H groups in total. The fourth-order valence-electron chi connectivity index (χ4n) is 0.697. The van der Waals surface area contributed by atoms with E-state index in [1.54, 1.807) is 12.3 Å². The van der Waals surface area contributed by atoms with E-state index in [1.165, 1.54) is 0 Å². The van der Waals surface area contributed by atoms with Crippen LogP contribution in [-0.4, -0.2) is 4.98 Å². The standard InChI is InChI=1S/C9H11N/c1-9(2,3)8-6-4-5-7-10-8/h4,7H,1-3H3. The van der Waals surface area contributed by atoms with Crippen molar-refractivity contribution in [2.24, 2.45) is 0 Å². The van der Waals surface area contributed by atoms with E-state index in [9.17, 15) is 0 Å². The summed E-state index contributed by atoms with van der Waals surface area (Å²) < 4.78 is 0. The summed E-state index contributed by atoms with van der Waals surface area (Å²) in [6, 6.07) is 7.65. The number of aromatic nitrogens is 1. The van der Waals surface area contributed by atoms with Crippen LogP contribution in [0.25, 0.3) is 0 Å². The van der Waals surface area contributed by atoms with E-state index in [-0.39, 0.29) is 5.41 Å². The Morgan fingerprint density at radius 3 is 2.40 bits per heavy atom. The fraction of sp³-hybridized carbons (Fsp3) is 0.444. The topological polar surface area (TPSA) is 12.9 Å². The maximum Gasteiger partial charge on any atom is 0.0536 e. The zero-order valence-electron chi connectivity index (χ0n) is 6.60. The summed E-state index contributed by atoms with van der Waals surface area (Å²) in [5.41, 5.74) is 1.10. The molecule has 0 spiro atoms. The highest BCUT2D eigenvalue weighted by atomic mass is 14.7. The van der Waals surface area contributed by atoms with Crippen LogP contribution in [0.5, 0.6) is 0 Å². The van der Waals surface area contributed by atoms with Gasteiger partial charge in [0, 0.05) is 23.7 Å². The van der Waals surface area contributed by atoms with Crippen LogP contribution < -0.4 is 0 Å². The second-order valence-corrected chi connectivity index (χ2v) is 3.31. The molecule has 10 heavy (non-hydrogen) atoms. The minimum absolute atomic E-state index is 0.106. The van der Waals surface area contributed by atoms with Gasteiger partial charge in [-0.1, -0.05) is 20.8 Å². The maximum atomic E-state index is 4.14. The summed E-state index contributed by atoms with van der Waals surface area (Å²) in [5, 5.41) is 0. The van der Waals surface area contributed by atoms with Crippen molar-refractivity contribution >= 4 is 0 Å². The van der Waals surface area contributed by atoms with E-state index in [0.717, 1.165) is 5.69 Å². The molecular weight excluding hydrogens is 122 g/mol. The lowest BCUT2D eigenvalue weighted by Gasteiger charge is -2.15. The van der Waals surface area contributed by atoms with E-state index >= 15 is 0 Å². The van der Waals surface area contributed by atoms with Crippen molar-refractivity contribution < 1.29 is 0 Å². The second-order valence-electron chi connectivity index (χ2n) is 3.31. The Balaban J connectivity index is 2.97. The van der Waals surface area contributed by atoms with Gasteiger partial charge in [0.2, 0.25) is 0 Å². The van der Waals surface area contributed by atoms with Gasteiger partial charge in [-0.25, -0.2) is 0 Å². The summed E-state index contributed by atoms with van der Waals surface area (Å²) in [6.45, 7) is 6.35. The molecule has 1 nitrogen and oxygen atoms in total. The highest BCUT2D eigenvalue weighted by Crippen LogP contribution is 2.17. The van der Waals surface area contributed by atoms with Gasteiger partial charge in [-0.2, -0.15) is 0 Å². The highest BCUT2D eigenvalue weighted by molar-refractivity contribution is 5.10. The number of hydrogen-bond donors (Lipinski definition) is 0. The van der Waals surface area contributed by atoms with E-state index in [0.29, 0.717) is 0 Å². The zero-order chi connectivity index (χ0) is 7.61. The third-order valence-electron chi connectivity index (χ3n) is 1.27. The second kappa shape index (κ2) is 2.41. The van der Waals surface area contributed by atoms with Gasteiger partial charge in [0.15, 0.2) is 0 Å². The number of pyridine rings is 1. The Labute approximate surface area is 62.1 Å². The van der Waals surface area contributed by atoms with Gasteiger partial charge < -0.3 is 0 Å². The molecule has 0 aliphatic carbocycles. The van der Waals surface area contributed by atoms with Crippen LogP contribution in [0, 0.1) is 12.1 Å². The molecule has 2 radical (unpaired) electrons. The molecule has 52 valence electrons. The van der Waals surface area contributed by atoms with Crippen LogP contribution in [0.2, 0.25) is 0 Å². The quantitative estimate of drug-likeness (QED) is 0.527. The minimum Gasteiger partial charge on any atom is -0.259 e. The van der Waals surface area contributed by atoms with Crippen LogP contribution in [0.4, 0.5) is 0 Å². The molecule has 0 amide bonds. The first-order valence-corrected chi connectivity index (χ1v) is 3.35. The molecular formula is C9H11N. The minimum atomic E-state index is 0.106. The molecule has 0 saturated carbocycles. The van der Waals surface area contributed by atoms with Crippen LogP contribution in [0.15, 0.2) is 12.3 Å². The summed E-state index contributed by atoms with van der Waals surface area (Å²) >= 11 is 0. The third-order valence-corrected chi connectivity index (χ3v) is 1.27. The number of rotatable bonds is 0. The Kier molecular flexibility index (Phi) is 1.75. The van der Waals surface area contributed by atoms with Crippen molar-refractivity contribution in [3.63, 3.8) is 0 Å². The molecule has 1 aromatic rings. The SMILES string of the molecule is CC(C)(C)c1[c]c[c]cn1. The van der Waals surface area contributed by atoms with E-state index in [2.05, 4.69) is 37.9 Å². The molecule has 1 rings (SSSR count). The average Bonchev–Trinajstić information content (AvgIpc) is 1.88.